The molecule has 2 N–H and O–H groups in total. The van der Waals surface area contributed by atoms with Crippen molar-refractivity contribution in [2.75, 3.05) is 19.0 Å². The number of nitrogens with zero attached hydrogens (tertiary/aromatic N) is 2. The van der Waals surface area contributed by atoms with E-state index in [-0.39, 0.29) is 11.9 Å². The first-order valence-corrected chi connectivity index (χ1v) is 10.9. The summed E-state index contributed by atoms with van der Waals surface area (Å²) >= 11 is 3.11. The van der Waals surface area contributed by atoms with E-state index in [1.807, 2.05) is 12.1 Å². The van der Waals surface area contributed by atoms with E-state index in [9.17, 15) is 4.79 Å². The number of thioether (sulfide) groups is 1. The van der Waals surface area contributed by atoms with Crippen LogP contribution in [-0.2, 0) is 9.53 Å². The molecule has 1 atom stereocenters. The number of hydrogen-bond donors (Lipinski definition) is 2. The van der Waals surface area contributed by atoms with E-state index in [2.05, 4.69) is 44.5 Å². The fourth-order valence-corrected chi connectivity index (χ4v) is 5.22. The van der Waals surface area contributed by atoms with Crippen LogP contribution in [0.4, 0.5) is 0 Å². The van der Waals surface area contributed by atoms with Crippen molar-refractivity contribution in [3.8, 4) is 11.1 Å². The highest BCUT2D eigenvalue weighted by Crippen LogP contribution is 2.33. The van der Waals surface area contributed by atoms with Gasteiger partial charge in [-0.25, -0.2) is 9.97 Å². The molecule has 142 valence electrons. The molecule has 2 aromatic heterocycles. The minimum absolute atomic E-state index is 0.0355. The average Bonchev–Trinajstić information content (AvgIpc) is 3.45. The Labute approximate surface area is 169 Å². The van der Waals surface area contributed by atoms with Crippen LogP contribution >= 0.6 is 23.1 Å². The number of aromatic nitrogens is 3. The first kappa shape index (κ1) is 17.7. The highest BCUT2D eigenvalue weighted by atomic mass is 32.2. The molecule has 4 aromatic rings. The number of nitrogens with one attached hydrogen (secondary N) is 2. The van der Waals surface area contributed by atoms with Crippen molar-refractivity contribution in [1.29, 1.82) is 0 Å². The number of benzene rings is 2. The summed E-state index contributed by atoms with van der Waals surface area (Å²) in [6.07, 6.45) is 2.60. The van der Waals surface area contributed by atoms with Gasteiger partial charge in [-0.15, -0.1) is 11.3 Å². The number of imidazole rings is 1. The summed E-state index contributed by atoms with van der Waals surface area (Å²) < 4.78 is 7.32. The van der Waals surface area contributed by atoms with Crippen LogP contribution in [-0.4, -0.2) is 45.9 Å². The van der Waals surface area contributed by atoms with E-state index in [1.165, 1.54) is 11.8 Å². The lowest BCUT2D eigenvalue weighted by molar-refractivity contribution is -0.119. The van der Waals surface area contributed by atoms with Gasteiger partial charge in [0.1, 0.15) is 0 Å². The van der Waals surface area contributed by atoms with Crippen LogP contribution in [0.3, 0.4) is 0 Å². The third-order valence-electron chi connectivity index (χ3n) is 4.74. The molecule has 0 saturated carbocycles. The van der Waals surface area contributed by atoms with Crippen molar-refractivity contribution in [3.05, 3.63) is 42.7 Å². The second kappa shape index (κ2) is 7.54. The largest absolute Gasteiger partial charge is 0.379 e. The summed E-state index contributed by atoms with van der Waals surface area (Å²) in [4.78, 5) is 24.2. The van der Waals surface area contributed by atoms with Crippen molar-refractivity contribution in [2.45, 2.75) is 16.8 Å². The van der Waals surface area contributed by atoms with E-state index in [0.29, 0.717) is 12.4 Å². The van der Waals surface area contributed by atoms with Crippen LogP contribution in [0, 0.1) is 0 Å². The number of hydrogen-bond acceptors (Lipinski definition) is 6. The number of ether oxygens (including phenoxy) is 1. The Kier molecular flexibility index (Phi) is 4.76. The van der Waals surface area contributed by atoms with Crippen LogP contribution in [0.2, 0.25) is 0 Å². The molecule has 0 spiro atoms. The molecule has 0 radical (unpaired) electrons. The Hall–Kier alpha value is -2.42. The monoisotopic (exact) mass is 410 g/mol. The van der Waals surface area contributed by atoms with Gasteiger partial charge in [0.25, 0.3) is 0 Å². The second-order valence-electron chi connectivity index (χ2n) is 6.71. The fraction of sp³-hybridized carbons (Fsp3) is 0.250. The van der Waals surface area contributed by atoms with Gasteiger partial charge < -0.3 is 15.0 Å². The third kappa shape index (κ3) is 3.63. The number of thiazole rings is 1. The number of carbonyl (C=O) groups is 1. The molecule has 3 heterocycles. The highest BCUT2D eigenvalue weighted by Gasteiger charge is 2.18. The molecule has 2 aromatic carbocycles. The van der Waals surface area contributed by atoms with E-state index in [4.69, 9.17) is 4.74 Å². The minimum Gasteiger partial charge on any atom is -0.379 e. The average molecular weight is 411 g/mol. The molecule has 1 saturated heterocycles. The third-order valence-corrected chi connectivity index (χ3v) is 6.91. The number of amides is 1. The quantitative estimate of drug-likeness (QED) is 0.489. The molecule has 8 heteroatoms. The molecule has 28 heavy (non-hydrogen) atoms. The van der Waals surface area contributed by atoms with Crippen molar-refractivity contribution < 1.29 is 9.53 Å². The predicted molar refractivity (Wildman–Crippen MR) is 113 cm³/mol. The first-order valence-electron chi connectivity index (χ1n) is 9.09. The molecule has 1 aliphatic heterocycles. The maximum Gasteiger partial charge on any atom is 0.230 e. The Morgan fingerprint density at radius 2 is 2.11 bits per heavy atom. The molecule has 1 fully saturated rings. The normalized spacial score (nSPS) is 16.8. The molecule has 0 bridgehead atoms. The maximum atomic E-state index is 12.1. The van der Waals surface area contributed by atoms with E-state index < -0.39 is 0 Å². The summed E-state index contributed by atoms with van der Waals surface area (Å²) in [6, 6.07) is 12.6. The first-order chi connectivity index (χ1) is 13.7. The topological polar surface area (TPSA) is 79.9 Å². The lowest BCUT2D eigenvalue weighted by Gasteiger charge is -2.09. The minimum atomic E-state index is 0.0355. The van der Waals surface area contributed by atoms with Crippen molar-refractivity contribution in [2.24, 2.45) is 0 Å². The Bertz CT molecular complexity index is 1150. The molecule has 6 nitrogen and oxygen atoms in total. The molecular formula is C20H18N4O2S2. The lowest BCUT2D eigenvalue weighted by atomic mass is 10.1. The van der Waals surface area contributed by atoms with Gasteiger partial charge in [-0.3, -0.25) is 4.79 Å². The molecule has 1 aliphatic rings. The van der Waals surface area contributed by atoms with E-state index in [1.54, 1.807) is 17.7 Å². The zero-order chi connectivity index (χ0) is 18.9. The van der Waals surface area contributed by atoms with Crippen LogP contribution in [0.15, 0.2) is 47.1 Å². The van der Waals surface area contributed by atoms with Gasteiger partial charge in [0.15, 0.2) is 4.34 Å². The smallest absolute Gasteiger partial charge is 0.230 e. The second-order valence-corrected chi connectivity index (χ2v) is 8.97. The Morgan fingerprint density at radius 1 is 1.25 bits per heavy atom. The zero-order valence-electron chi connectivity index (χ0n) is 15.0. The number of H-pyrrole nitrogens is 1. The summed E-state index contributed by atoms with van der Waals surface area (Å²) in [5.41, 5.74) is 5.23. The fourth-order valence-electron chi connectivity index (χ4n) is 3.30. The maximum absolute atomic E-state index is 12.1. The van der Waals surface area contributed by atoms with Gasteiger partial charge in [0.2, 0.25) is 5.91 Å². The van der Waals surface area contributed by atoms with Crippen LogP contribution in [0.5, 0.6) is 0 Å². The number of aromatic amines is 1. The molecule has 1 amide bonds. The van der Waals surface area contributed by atoms with Gasteiger partial charge in [0.05, 0.1) is 46.0 Å². The molecule has 0 unspecified atom stereocenters. The van der Waals surface area contributed by atoms with Gasteiger partial charge in [-0.1, -0.05) is 23.9 Å². The number of carbonyl (C=O) groups excluding carboxylic acids is 1. The Balaban J connectivity index is 1.31. The van der Waals surface area contributed by atoms with Gasteiger partial charge in [0, 0.05) is 6.61 Å². The van der Waals surface area contributed by atoms with Gasteiger partial charge in [-0.05, 0) is 41.8 Å². The summed E-state index contributed by atoms with van der Waals surface area (Å²) in [6.45, 7) is 1.34. The van der Waals surface area contributed by atoms with Gasteiger partial charge in [-0.2, -0.15) is 0 Å². The summed E-state index contributed by atoms with van der Waals surface area (Å²) in [5, 5.41) is 3.01. The molecule has 5 rings (SSSR count). The van der Waals surface area contributed by atoms with E-state index >= 15 is 0 Å². The van der Waals surface area contributed by atoms with Gasteiger partial charge >= 0.3 is 0 Å². The SMILES string of the molecule is O=C(CSc1nc2ccc(-c3ccc4nc[nH]c4c3)cc2s1)N[C@@H]1CCOC1. The number of rotatable bonds is 5. The molecule has 0 aliphatic carbocycles. The van der Waals surface area contributed by atoms with Crippen molar-refractivity contribution in [1.82, 2.24) is 20.3 Å². The van der Waals surface area contributed by atoms with Crippen LogP contribution in [0.25, 0.3) is 32.4 Å². The number of fused-ring (bicyclic) bond motifs is 2. The van der Waals surface area contributed by atoms with Crippen molar-refractivity contribution in [3.63, 3.8) is 0 Å². The summed E-state index contributed by atoms with van der Waals surface area (Å²) in [5.74, 6) is 0.410. The van der Waals surface area contributed by atoms with E-state index in [0.717, 1.165) is 49.7 Å². The van der Waals surface area contributed by atoms with Crippen LogP contribution < -0.4 is 5.32 Å². The summed E-state index contributed by atoms with van der Waals surface area (Å²) in [7, 11) is 0. The van der Waals surface area contributed by atoms with Crippen molar-refractivity contribution >= 4 is 50.3 Å². The lowest BCUT2D eigenvalue weighted by Crippen LogP contribution is -2.36. The Morgan fingerprint density at radius 3 is 2.96 bits per heavy atom. The predicted octanol–water partition coefficient (Wildman–Crippen LogP) is 3.84. The standard InChI is InChI=1S/C20H18N4O2S2/c25-19(23-14-5-6-26-9-14)10-27-20-24-16-4-2-13(8-18(16)28-20)12-1-3-15-17(7-12)22-11-21-15/h1-4,7-8,11,14H,5-6,9-10H2,(H,21,22)(H,23,25)/t14-/m1/s1. The van der Waals surface area contributed by atoms with Crippen LogP contribution in [0.1, 0.15) is 6.42 Å². The zero-order valence-corrected chi connectivity index (χ0v) is 16.6. The molecular weight excluding hydrogens is 392 g/mol. The highest BCUT2D eigenvalue weighted by molar-refractivity contribution is 8.01.